The molecule has 0 spiro atoms. The van der Waals surface area contributed by atoms with Gasteiger partial charge in [0.2, 0.25) is 0 Å². The van der Waals surface area contributed by atoms with Gasteiger partial charge in [-0.1, -0.05) is 6.07 Å². The molecule has 0 saturated carbocycles. The lowest BCUT2D eigenvalue weighted by Gasteiger charge is -2.28. The summed E-state index contributed by atoms with van der Waals surface area (Å²) >= 11 is 0. The molecule has 1 aromatic heterocycles. The van der Waals surface area contributed by atoms with Gasteiger partial charge < -0.3 is 30.0 Å². The molecule has 4 rings (SSSR count). The Morgan fingerprint density at radius 3 is 2.86 bits per heavy atom. The number of fused-ring (bicyclic) bond motifs is 1. The van der Waals surface area contributed by atoms with E-state index in [1.54, 1.807) is 19.1 Å². The number of benzene rings is 1. The predicted molar refractivity (Wildman–Crippen MR) is 124 cm³/mol. The number of carbonyl (C=O) groups is 2. The first-order valence-corrected chi connectivity index (χ1v) is 11.7. The fourth-order valence-electron chi connectivity index (χ4n) is 4.29. The van der Waals surface area contributed by atoms with Gasteiger partial charge in [-0.05, 0) is 37.1 Å². The summed E-state index contributed by atoms with van der Waals surface area (Å²) in [5, 5.41) is 15.6. The summed E-state index contributed by atoms with van der Waals surface area (Å²) in [7, 11) is 1.53. The highest BCUT2D eigenvalue weighted by Gasteiger charge is 2.28. The molecule has 3 N–H and O–H groups in total. The van der Waals surface area contributed by atoms with E-state index in [4.69, 9.17) is 14.2 Å². The number of ether oxygens (including phenoxy) is 3. The largest absolute Gasteiger partial charge is 0.491 e. The number of aromatic nitrogens is 1. The van der Waals surface area contributed by atoms with Crippen molar-refractivity contribution in [1.29, 1.82) is 0 Å². The molecule has 1 fully saturated rings. The number of methoxy groups -OCH3 is 1. The van der Waals surface area contributed by atoms with Crippen molar-refractivity contribution in [3.05, 3.63) is 58.2 Å². The van der Waals surface area contributed by atoms with Crippen LogP contribution in [0, 0.1) is 5.82 Å². The van der Waals surface area contributed by atoms with Crippen LogP contribution in [0.1, 0.15) is 51.0 Å². The van der Waals surface area contributed by atoms with Gasteiger partial charge in [0.05, 0.1) is 43.2 Å². The quantitative estimate of drug-likeness (QED) is 0.515. The molecule has 3 heterocycles. The van der Waals surface area contributed by atoms with Gasteiger partial charge in [0.25, 0.3) is 11.8 Å². The molecule has 1 unspecified atom stereocenters. The van der Waals surface area contributed by atoms with Crippen molar-refractivity contribution >= 4 is 11.8 Å². The lowest BCUT2D eigenvalue weighted by atomic mass is 10.0. The smallest absolute Gasteiger partial charge is 0.270 e. The van der Waals surface area contributed by atoms with E-state index in [0.29, 0.717) is 61.7 Å². The number of nitrogens with one attached hydrogen (secondary N) is 2. The summed E-state index contributed by atoms with van der Waals surface area (Å²) in [5.41, 5.74) is 2.16. The number of aliphatic hydroxyl groups excluding tert-OH is 1. The summed E-state index contributed by atoms with van der Waals surface area (Å²) in [4.78, 5) is 29.7. The van der Waals surface area contributed by atoms with Crippen LogP contribution in [0.2, 0.25) is 0 Å². The van der Waals surface area contributed by atoms with Crippen molar-refractivity contribution in [3.63, 3.8) is 0 Å². The third-order valence-corrected chi connectivity index (χ3v) is 6.05. The van der Waals surface area contributed by atoms with E-state index in [9.17, 15) is 19.1 Å². The number of amides is 2. The zero-order chi connectivity index (χ0) is 24.9. The minimum absolute atomic E-state index is 0.0528. The highest BCUT2D eigenvalue weighted by Crippen LogP contribution is 2.31. The Bertz CT molecular complexity index is 1100. The number of aliphatic hydroxyl groups is 1. The Labute approximate surface area is 203 Å². The summed E-state index contributed by atoms with van der Waals surface area (Å²) in [6.45, 7) is 3.18. The van der Waals surface area contributed by atoms with Crippen LogP contribution in [-0.4, -0.2) is 73.6 Å². The lowest BCUT2D eigenvalue weighted by molar-refractivity contribution is -0.0261. The molecule has 0 radical (unpaired) electrons. The number of carbonyl (C=O) groups excluding carboxylic acids is 2. The van der Waals surface area contributed by atoms with Crippen molar-refractivity contribution in [2.24, 2.45) is 0 Å². The van der Waals surface area contributed by atoms with Gasteiger partial charge >= 0.3 is 0 Å². The molecule has 1 aromatic carbocycles. The Hall–Kier alpha value is -3.08. The third kappa shape index (κ3) is 5.95. The minimum atomic E-state index is -0.777. The fourth-order valence-corrected chi connectivity index (χ4v) is 4.29. The van der Waals surface area contributed by atoms with Crippen LogP contribution >= 0.6 is 0 Å². The van der Waals surface area contributed by atoms with Gasteiger partial charge in [-0.3, -0.25) is 9.59 Å². The van der Waals surface area contributed by atoms with E-state index >= 15 is 0 Å². The first-order valence-electron chi connectivity index (χ1n) is 11.7. The molecule has 35 heavy (non-hydrogen) atoms. The van der Waals surface area contributed by atoms with Gasteiger partial charge in [-0.2, -0.15) is 0 Å². The van der Waals surface area contributed by atoms with E-state index in [0.717, 1.165) is 0 Å². The Balaban J connectivity index is 1.52. The zero-order valence-electron chi connectivity index (χ0n) is 19.8. The number of pyridine rings is 1. The molecule has 9 nitrogen and oxygen atoms in total. The maximum Gasteiger partial charge on any atom is 0.270 e. The van der Waals surface area contributed by atoms with Crippen LogP contribution in [0.5, 0.6) is 5.75 Å². The van der Waals surface area contributed by atoms with Gasteiger partial charge in [0.15, 0.2) is 0 Å². The molecule has 10 heteroatoms. The summed E-state index contributed by atoms with van der Waals surface area (Å²) in [6, 6.07) is 5.41. The van der Waals surface area contributed by atoms with Crippen molar-refractivity contribution in [1.82, 2.24) is 15.6 Å². The SMILES string of the molecule is COCC(C)NC(=O)c1ccc(Cc2cc(C(=O)N[C@H]3CCOC[C@@H]3O)nc3c2OCC3)cc1F. The van der Waals surface area contributed by atoms with Gasteiger partial charge in [-0.25, -0.2) is 9.37 Å². The van der Waals surface area contributed by atoms with E-state index in [2.05, 4.69) is 15.6 Å². The molecular weight excluding hydrogens is 457 g/mol. The van der Waals surface area contributed by atoms with Crippen molar-refractivity contribution in [3.8, 4) is 5.75 Å². The van der Waals surface area contributed by atoms with Gasteiger partial charge in [0, 0.05) is 38.2 Å². The summed E-state index contributed by atoms with van der Waals surface area (Å²) < 4.78 is 30.7. The van der Waals surface area contributed by atoms with Crippen LogP contribution in [0.4, 0.5) is 4.39 Å². The highest BCUT2D eigenvalue weighted by molar-refractivity contribution is 5.95. The van der Waals surface area contributed by atoms with Gasteiger partial charge in [0.1, 0.15) is 17.3 Å². The number of rotatable bonds is 8. The molecule has 3 atom stereocenters. The Kier molecular flexibility index (Phi) is 7.94. The van der Waals surface area contributed by atoms with E-state index in [-0.39, 0.29) is 23.9 Å². The Morgan fingerprint density at radius 1 is 1.29 bits per heavy atom. The topological polar surface area (TPSA) is 119 Å². The molecule has 0 bridgehead atoms. The predicted octanol–water partition coefficient (Wildman–Crippen LogP) is 1.39. The van der Waals surface area contributed by atoms with Crippen molar-refractivity contribution in [2.75, 3.05) is 33.5 Å². The minimum Gasteiger partial charge on any atom is -0.491 e. The number of hydrogen-bond donors (Lipinski definition) is 3. The third-order valence-electron chi connectivity index (χ3n) is 6.05. The second kappa shape index (κ2) is 11.1. The standard InChI is InChI=1S/C25H30FN3O6/c1-14(12-33-2)27-24(31)17-4-3-15(10-18(17)26)9-16-11-21(28-20-6-8-35-23(16)20)25(32)29-19-5-7-34-13-22(19)30/h3-4,10-11,14,19,22,30H,5-9,12-13H2,1-2H3,(H,27,31)(H,29,32)/t14?,19-,22-/m0/s1. The van der Waals surface area contributed by atoms with E-state index in [1.807, 2.05) is 0 Å². The molecule has 0 aliphatic carbocycles. The summed E-state index contributed by atoms with van der Waals surface area (Å²) in [5.74, 6) is -0.942. The van der Waals surface area contributed by atoms with Crippen molar-refractivity contribution < 1.29 is 33.3 Å². The average Bonchev–Trinajstić information content (AvgIpc) is 3.30. The highest BCUT2D eigenvalue weighted by atomic mass is 19.1. The molecule has 188 valence electrons. The summed E-state index contributed by atoms with van der Waals surface area (Å²) in [6.07, 6.45) is 0.596. The fraction of sp³-hybridized carbons (Fsp3) is 0.480. The number of nitrogens with zero attached hydrogens (tertiary/aromatic N) is 1. The number of halogens is 1. The molecule has 1 saturated heterocycles. The Morgan fingerprint density at radius 2 is 2.11 bits per heavy atom. The first kappa shape index (κ1) is 25.0. The van der Waals surface area contributed by atoms with Crippen LogP contribution < -0.4 is 15.4 Å². The van der Waals surface area contributed by atoms with Crippen molar-refractivity contribution in [2.45, 2.75) is 44.4 Å². The maximum absolute atomic E-state index is 14.8. The van der Waals surface area contributed by atoms with Crippen LogP contribution in [0.25, 0.3) is 0 Å². The normalized spacial score (nSPS) is 20.0. The van der Waals surface area contributed by atoms with Crippen LogP contribution in [0.3, 0.4) is 0 Å². The number of hydrogen-bond acceptors (Lipinski definition) is 7. The van der Waals surface area contributed by atoms with Gasteiger partial charge in [-0.15, -0.1) is 0 Å². The molecule has 2 aromatic rings. The molecule has 2 amide bonds. The van der Waals surface area contributed by atoms with Crippen LogP contribution in [0.15, 0.2) is 24.3 Å². The molecular formula is C25H30FN3O6. The van der Waals surface area contributed by atoms with E-state index < -0.39 is 29.8 Å². The monoisotopic (exact) mass is 487 g/mol. The lowest BCUT2D eigenvalue weighted by Crippen LogP contribution is -2.48. The molecule has 2 aliphatic rings. The second-order valence-electron chi connectivity index (χ2n) is 8.87. The first-order chi connectivity index (χ1) is 16.9. The zero-order valence-corrected chi connectivity index (χ0v) is 19.8. The second-order valence-corrected chi connectivity index (χ2v) is 8.87. The maximum atomic E-state index is 14.8. The average molecular weight is 488 g/mol. The molecule has 2 aliphatic heterocycles. The van der Waals surface area contributed by atoms with Crippen LogP contribution in [-0.2, 0) is 22.3 Å². The van der Waals surface area contributed by atoms with E-state index in [1.165, 1.54) is 19.2 Å².